The molecule has 0 bridgehead atoms. The first-order chi connectivity index (χ1) is 10.7. The Morgan fingerprint density at radius 1 is 1.36 bits per heavy atom. The number of carbonyl (C=O) groups excluding carboxylic acids is 1. The first-order valence-electron chi connectivity index (χ1n) is 8.12. The van der Waals surface area contributed by atoms with Crippen molar-refractivity contribution in [2.75, 3.05) is 11.9 Å². The fraction of sp³-hybridized carbons (Fsp3) is 0.529. The number of nitrogens with zero attached hydrogens (tertiary/aromatic N) is 1. The van der Waals surface area contributed by atoms with E-state index in [0.29, 0.717) is 12.5 Å². The van der Waals surface area contributed by atoms with Gasteiger partial charge in [0.05, 0.1) is 5.41 Å². The Morgan fingerprint density at radius 2 is 2.14 bits per heavy atom. The van der Waals surface area contributed by atoms with Crippen LogP contribution in [0.1, 0.15) is 50.3 Å². The number of carbonyl (C=O) groups is 1. The maximum atomic E-state index is 12.6. The van der Waals surface area contributed by atoms with Crippen LogP contribution < -0.4 is 11.1 Å². The van der Waals surface area contributed by atoms with E-state index in [1.165, 1.54) is 0 Å². The monoisotopic (exact) mass is 299 g/mol. The quantitative estimate of drug-likeness (QED) is 0.908. The summed E-state index contributed by atoms with van der Waals surface area (Å²) in [6.45, 7) is 0.414. The van der Waals surface area contributed by atoms with Crippen LogP contribution in [0, 0.1) is 5.41 Å². The molecule has 3 N–H and O–H groups in total. The van der Waals surface area contributed by atoms with Crippen LogP contribution in [0.5, 0.6) is 0 Å². The highest BCUT2D eigenvalue weighted by atomic mass is 16.3. The third-order valence-corrected chi connectivity index (χ3v) is 5.02. The van der Waals surface area contributed by atoms with Crippen LogP contribution >= 0.6 is 0 Å². The number of hydrogen-bond acceptors (Lipinski definition) is 4. The van der Waals surface area contributed by atoms with Gasteiger partial charge in [0.15, 0.2) is 11.5 Å². The van der Waals surface area contributed by atoms with E-state index in [1.54, 1.807) is 0 Å². The molecular weight excluding hydrogens is 278 g/mol. The maximum Gasteiger partial charge on any atom is 0.231 e. The number of rotatable bonds is 4. The molecule has 0 spiro atoms. The highest BCUT2D eigenvalue weighted by molar-refractivity contribution is 5.97. The van der Waals surface area contributed by atoms with Crippen molar-refractivity contribution < 1.29 is 9.21 Å². The summed E-state index contributed by atoms with van der Waals surface area (Å²) < 4.78 is 5.75. The Bertz CT molecular complexity index is 712. The molecule has 0 aliphatic heterocycles. The van der Waals surface area contributed by atoms with Crippen molar-refractivity contribution in [2.45, 2.75) is 44.4 Å². The molecule has 0 saturated heterocycles. The molecule has 2 saturated carbocycles. The van der Waals surface area contributed by atoms with E-state index in [0.717, 1.165) is 61.2 Å². The van der Waals surface area contributed by atoms with Crippen molar-refractivity contribution in [2.24, 2.45) is 11.1 Å². The number of nitrogens with two attached hydrogens (primary N) is 1. The minimum atomic E-state index is -0.391. The Hall–Kier alpha value is -1.88. The summed E-state index contributed by atoms with van der Waals surface area (Å²) in [4.78, 5) is 17.1. The molecule has 2 aromatic rings. The van der Waals surface area contributed by atoms with Crippen LogP contribution in [0.3, 0.4) is 0 Å². The van der Waals surface area contributed by atoms with Crippen LogP contribution in [-0.4, -0.2) is 17.4 Å². The molecule has 1 heterocycles. The lowest BCUT2D eigenvalue weighted by molar-refractivity contribution is -0.124. The van der Waals surface area contributed by atoms with Gasteiger partial charge in [0.2, 0.25) is 5.91 Å². The Kier molecular flexibility index (Phi) is 3.18. The second-order valence-electron chi connectivity index (χ2n) is 6.65. The predicted molar refractivity (Wildman–Crippen MR) is 84.6 cm³/mol. The largest absolute Gasteiger partial charge is 0.440 e. The number of amides is 1. The predicted octanol–water partition coefficient (Wildman–Crippen LogP) is 3.16. The van der Waals surface area contributed by atoms with Gasteiger partial charge >= 0.3 is 0 Å². The second kappa shape index (κ2) is 5.09. The van der Waals surface area contributed by atoms with Gasteiger partial charge in [-0.1, -0.05) is 12.8 Å². The van der Waals surface area contributed by atoms with Gasteiger partial charge in [0, 0.05) is 18.2 Å². The van der Waals surface area contributed by atoms with Gasteiger partial charge in [-0.3, -0.25) is 4.79 Å². The van der Waals surface area contributed by atoms with Gasteiger partial charge in [-0.05, 0) is 43.9 Å². The lowest BCUT2D eigenvalue weighted by Gasteiger charge is -2.25. The average molecular weight is 299 g/mol. The Morgan fingerprint density at radius 3 is 2.82 bits per heavy atom. The third-order valence-electron chi connectivity index (χ3n) is 5.02. The molecule has 0 unspecified atom stereocenters. The zero-order valence-corrected chi connectivity index (χ0v) is 12.6. The highest BCUT2D eigenvalue weighted by Gasteiger charge is 2.39. The minimum Gasteiger partial charge on any atom is -0.440 e. The van der Waals surface area contributed by atoms with Gasteiger partial charge in [-0.15, -0.1) is 0 Å². The maximum absolute atomic E-state index is 12.6. The normalized spacial score (nSPS) is 20.4. The molecule has 2 aliphatic carbocycles. The lowest BCUT2D eigenvalue weighted by atomic mass is 9.85. The highest BCUT2D eigenvalue weighted by Crippen LogP contribution is 2.41. The van der Waals surface area contributed by atoms with E-state index >= 15 is 0 Å². The van der Waals surface area contributed by atoms with E-state index in [1.807, 2.05) is 18.2 Å². The molecule has 1 aromatic heterocycles. The number of hydrogen-bond donors (Lipinski definition) is 2. The van der Waals surface area contributed by atoms with Gasteiger partial charge in [0.25, 0.3) is 0 Å². The summed E-state index contributed by atoms with van der Waals surface area (Å²) in [6, 6.07) is 5.65. The van der Waals surface area contributed by atoms with E-state index in [-0.39, 0.29) is 5.91 Å². The first kappa shape index (κ1) is 13.8. The van der Waals surface area contributed by atoms with Crippen molar-refractivity contribution in [3.05, 3.63) is 24.1 Å². The molecule has 2 fully saturated rings. The average Bonchev–Trinajstić information content (AvgIpc) is 3.11. The third kappa shape index (κ3) is 2.29. The Labute approximate surface area is 129 Å². The summed E-state index contributed by atoms with van der Waals surface area (Å²) >= 11 is 0. The van der Waals surface area contributed by atoms with E-state index < -0.39 is 5.41 Å². The second-order valence-corrected chi connectivity index (χ2v) is 6.65. The lowest BCUT2D eigenvalue weighted by Crippen LogP contribution is -2.40. The van der Waals surface area contributed by atoms with Crippen LogP contribution in [0.25, 0.3) is 11.1 Å². The topological polar surface area (TPSA) is 81.2 Å². The summed E-state index contributed by atoms with van der Waals surface area (Å²) in [5, 5.41) is 3.02. The summed E-state index contributed by atoms with van der Waals surface area (Å²) in [7, 11) is 0. The molecule has 1 amide bonds. The number of nitrogens with one attached hydrogen (secondary N) is 1. The SMILES string of the molecule is NCC1(C(=O)Nc2ccc3oc(C4CC4)nc3c2)CCCC1. The number of oxazole rings is 1. The molecule has 0 atom stereocenters. The van der Waals surface area contributed by atoms with E-state index in [2.05, 4.69) is 10.3 Å². The molecule has 0 radical (unpaired) electrons. The van der Waals surface area contributed by atoms with Crippen molar-refractivity contribution in [1.29, 1.82) is 0 Å². The molecular formula is C17H21N3O2. The van der Waals surface area contributed by atoms with Crippen molar-refractivity contribution in [1.82, 2.24) is 4.98 Å². The molecule has 5 nitrogen and oxygen atoms in total. The number of benzene rings is 1. The van der Waals surface area contributed by atoms with Crippen LogP contribution in [0.4, 0.5) is 5.69 Å². The zero-order valence-electron chi connectivity index (χ0n) is 12.6. The molecule has 2 aliphatic rings. The summed E-state index contributed by atoms with van der Waals surface area (Å²) in [5.41, 5.74) is 7.85. The molecule has 5 heteroatoms. The van der Waals surface area contributed by atoms with Crippen molar-refractivity contribution in [3.8, 4) is 0 Å². The first-order valence-corrected chi connectivity index (χ1v) is 8.12. The van der Waals surface area contributed by atoms with E-state index in [4.69, 9.17) is 10.2 Å². The number of fused-ring (bicyclic) bond motifs is 1. The van der Waals surface area contributed by atoms with Gasteiger partial charge in [-0.2, -0.15) is 0 Å². The van der Waals surface area contributed by atoms with Crippen LogP contribution in [0.15, 0.2) is 22.6 Å². The Balaban J connectivity index is 1.57. The number of anilines is 1. The fourth-order valence-corrected chi connectivity index (χ4v) is 3.37. The fourth-order valence-electron chi connectivity index (χ4n) is 3.37. The van der Waals surface area contributed by atoms with E-state index in [9.17, 15) is 4.79 Å². The molecule has 1 aromatic carbocycles. The number of aromatic nitrogens is 1. The minimum absolute atomic E-state index is 0.0396. The standard InChI is InChI=1S/C17H21N3O2/c18-10-17(7-1-2-8-17)16(21)19-12-5-6-14-13(9-12)20-15(22-14)11-3-4-11/h5-6,9,11H,1-4,7-8,10,18H2,(H,19,21). The molecule has 4 rings (SSSR count). The molecule has 22 heavy (non-hydrogen) atoms. The van der Waals surface area contributed by atoms with Gasteiger partial charge < -0.3 is 15.5 Å². The van der Waals surface area contributed by atoms with Gasteiger partial charge in [-0.25, -0.2) is 4.98 Å². The van der Waals surface area contributed by atoms with Crippen LogP contribution in [-0.2, 0) is 4.79 Å². The van der Waals surface area contributed by atoms with Crippen molar-refractivity contribution >= 4 is 22.7 Å². The van der Waals surface area contributed by atoms with Crippen molar-refractivity contribution in [3.63, 3.8) is 0 Å². The molecule has 116 valence electrons. The zero-order chi connectivity index (χ0) is 15.2. The van der Waals surface area contributed by atoms with Gasteiger partial charge in [0.1, 0.15) is 5.52 Å². The summed E-state index contributed by atoms with van der Waals surface area (Å²) in [6.07, 6.45) is 6.25. The summed E-state index contributed by atoms with van der Waals surface area (Å²) in [5.74, 6) is 1.36. The van der Waals surface area contributed by atoms with Crippen LogP contribution in [0.2, 0.25) is 0 Å². The smallest absolute Gasteiger partial charge is 0.231 e.